The highest BCUT2D eigenvalue weighted by Crippen LogP contribution is 2.22. The molecule has 154 valence electrons. The summed E-state index contributed by atoms with van der Waals surface area (Å²) in [5.41, 5.74) is 2.21. The number of hydrogen-bond acceptors (Lipinski definition) is 4. The molecule has 0 atom stereocenters. The Hall–Kier alpha value is -2.67. The van der Waals surface area contributed by atoms with E-state index < -0.39 is 30.3 Å². The van der Waals surface area contributed by atoms with Crippen molar-refractivity contribution in [3.63, 3.8) is 0 Å². The van der Waals surface area contributed by atoms with Crippen LogP contribution in [0.4, 0.5) is 4.79 Å². The minimum absolute atomic E-state index is 0.171. The van der Waals surface area contributed by atoms with Crippen LogP contribution in [0.5, 0.6) is 0 Å². The van der Waals surface area contributed by atoms with Crippen molar-refractivity contribution in [1.29, 1.82) is 0 Å². The van der Waals surface area contributed by atoms with Crippen LogP contribution in [0.2, 0.25) is 5.02 Å². The molecule has 0 saturated carbocycles. The van der Waals surface area contributed by atoms with Gasteiger partial charge in [0.15, 0.2) is 0 Å². The fourth-order valence-corrected chi connectivity index (χ4v) is 3.60. The van der Waals surface area contributed by atoms with Crippen molar-refractivity contribution < 1.29 is 19.2 Å². The molecule has 1 aliphatic carbocycles. The Morgan fingerprint density at radius 1 is 1.00 bits per heavy atom. The van der Waals surface area contributed by atoms with Crippen LogP contribution in [0.1, 0.15) is 37.7 Å². The van der Waals surface area contributed by atoms with Crippen LogP contribution in [0.25, 0.3) is 0 Å². The highest BCUT2D eigenvalue weighted by atomic mass is 35.5. The van der Waals surface area contributed by atoms with E-state index in [1.807, 2.05) is 12.1 Å². The monoisotopic (exact) mass is 417 g/mol. The summed E-state index contributed by atoms with van der Waals surface area (Å²) in [7, 11) is 0. The van der Waals surface area contributed by atoms with E-state index in [2.05, 4.69) is 11.4 Å². The number of benzene rings is 1. The van der Waals surface area contributed by atoms with Crippen molar-refractivity contribution in [3.8, 4) is 0 Å². The SMILES string of the molecule is O=C(CN1C(=O)C(=O)N(CCC2=CCCCC2)C1=O)NCCc1ccc(Cl)cc1. The first-order chi connectivity index (χ1) is 14.0. The molecule has 5 amide bonds. The number of rotatable bonds is 8. The fraction of sp³-hybridized carbons (Fsp3) is 0.429. The highest BCUT2D eigenvalue weighted by molar-refractivity contribution is 6.45. The lowest BCUT2D eigenvalue weighted by Crippen LogP contribution is -2.42. The minimum Gasteiger partial charge on any atom is -0.354 e. The van der Waals surface area contributed by atoms with E-state index >= 15 is 0 Å². The summed E-state index contributed by atoms with van der Waals surface area (Å²) in [5, 5.41) is 3.31. The van der Waals surface area contributed by atoms with Gasteiger partial charge in [-0.1, -0.05) is 35.4 Å². The molecule has 1 N–H and O–H groups in total. The molecule has 0 radical (unpaired) electrons. The maximum absolute atomic E-state index is 12.5. The third-order valence-corrected chi connectivity index (χ3v) is 5.38. The Labute approximate surface area is 174 Å². The molecule has 0 unspecified atom stereocenters. The van der Waals surface area contributed by atoms with Gasteiger partial charge in [0.25, 0.3) is 0 Å². The molecular formula is C21H24ClN3O4. The maximum atomic E-state index is 12.5. The zero-order valence-electron chi connectivity index (χ0n) is 16.2. The summed E-state index contributed by atoms with van der Waals surface area (Å²) in [6.07, 6.45) is 7.54. The molecule has 29 heavy (non-hydrogen) atoms. The standard InChI is InChI=1S/C21H24ClN3O4/c22-17-8-6-16(7-9-17)10-12-23-18(26)14-25-20(28)19(27)24(21(25)29)13-11-15-4-2-1-3-5-15/h4,6-9H,1-3,5,10-14H2,(H,23,26). The molecule has 0 spiro atoms. The molecule has 0 bridgehead atoms. The number of urea groups is 1. The van der Waals surface area contributed by atoms with E-state index in [-0.39, 0.29) is 6.54 Å². The highest BCUT2D eigenvalue weighted by Gasteiger charge is 2.44. The summed E-state index contributed by atoms with van der Waals surface area (Å²) in [6.45, 7) is 0.0651. The van der Waals surface area contributed by atoms with Gasteiger partial charge in [-0.2, -0.15) is 0 Å². The lowest BCUT2D eigenvalue weighted by atomic mass is 9.97. The lowest BCUT2D eigenvalue weighted by molar-refractivity contribution is -0.144. The lowest BCUT2D eigenvalue weighted by Gasteiger charge is -2.17. The third kappa shape index (κ3) is 5.44. The second-order valence-corrected chi connectivity index (χ2v) is 7.65. The predicted molar refractivity (Wildman–Crippen MR) is 108 cm³/mol. The zero-order valence-corrected chi connectivity index (χ0v) is 16.9. The fourth-order valence-electron chi connectivity index (χ4n) is 3.47. The number of imide groups is 2. The van der Waals surface area contributed by atoms with Crippen LogP contribution in [-0.2, 0) is 20.8 Å². The molecule has 1 aromatic carbocycles. The van der Waals surface area contributed by atoms with E-state index in [0.29, 0.717) is 24.4 Å². The summed E-state index contributed by atoms with van der Waals surface area (Å²) in [6, 6.07) is 6.54. The van der Waals surface area contributed by atoms with E-state index in [1.165, 1.54) is 5.57 Å². The third-order valence-electron chi connectivity index (χ3n) is 5.13. The molecule has 3 rings (SSSR count). The van der Waals surface area contributed by atoms with Crippen molar-refractivity contribution in [1.82, 2.24) is 15.1 Å². The van der Waals surface area contributed by atoms with Gasteiger partial charge in [0.05, 0.1) is 0 Å². The number of nitrogens with zero attached hydrogens (tertiary/aromatic N) is 2. The maximum Gasteiger partial charge on any atom is 0.334 e. The summed E-state index contributed by atoms with van der Waals surface area (Å²) in [5.74, 6) is -2.29. The van der Waals surface area contributed by atoms with E-state index in [0.717, 1.165) is 41.0 Å². The molecule has 1 saturated heterocycles. The predicted octanol–water partition coefficient (Wildman–Crippen LogP) is 2.68. The molecule has 1 heterocycles. The van der Waals surface area contributed by atoms with Crippen LogP contribution in [0, 0.1) is 0 Å². The first-order valence-electron chi connectivity index (χ1n) is 9.82. The molecular weight excluding hydrogens is 394 g/mol. The van der Waals surface area contributed by atoms with Crippen LogP contribution in [0.15, 0.2) is 35.9 Å². The molecule has 1 aliphatic heterocycles. The summed E-state index contributed by atoms with van der Waals surface area (Å²) in [4.78, 5) is 50.6. The Morgan fingerprint density at radius 3 is 2.41 bits per heavy atom. The number of carbonyl (C=O) groups excluding carboxylic acids is 4. The number of allylic oxidation sites excluding steroid dienone is 1. The van der Waals surface area contributed by atoms with Crippen molar-refractivity contribution in [2.45, 2.75) is 38.5 Å². The normalized spacial score (nSPS) is 17.0. The van der Waals surface area contributed by atoms with Crippen LogP contribution in [-0.4, -0.2) is 53.2 Å². The van der Waals surface area contributed by atoms with E-state index in [4.69, 9.17) is 11.6 Å². The second kappa shape index (κ2) is 9.69. The number of carbonyl (C=O) groups is 4. The number of hydrogen-bond donors (Lipinski definition) is 1. The van der Waals surface area contributed by atoms with Gasteiger partial charge in [-0.05, 0) is 56.2 Å². The first-order valence-corrected chi connectivity index (χ1v) is 10.2. The van der Waals surface area contributed by atoms with Crippen molar-refractivity contribution in [2.75, 3.05) is 19.6 Å². The number of amides is 5. The van der Waals surface area contributed by atoms with Crippen molar-refractivity contribution >= 4 is 35.4 Å². The zero-order chi connectivity index (χ0) is 20.8. The van der Waals surface area contributed by atoms with Crippen LogP contribution < -0.4 is 5.32 Å². The summed E-state index contributed by atoms with van der Waals surface area (Å²) < 4.78 is 0. The van der Waals surface area contributed by atoms with Crippen molar-refractivity contribution in [2.24, 2.45) is 0 Å². The average molecular weight is 418 g/mol. The molecule has 0 aromatic heterocycles. The minimum atomic E-state index is -0.944. The smallest absolute Gasteiger partial charge is 0.334 e. The van der Waals surface area contributed by atoms with Gasteiger partial charge in [0.2, 0.25) is 5.91 Å². The summed E-state index contributed by atoms with van der Waals surface area (Å²) >= 11 is 5.84. The first kappa shape index (κ1) is 21.0. The number of nitrogens with one attached hydrogen (secondary N) is 1. The topological polar surface area (TPSA) is 86.8 Å². The molecule has 1 aromatic rings. The molecule has 7 nitrogen and oxygen atoms in total. The average Bonchev–Trinajstić information content (AvgIpc) is 2.92. The van der Waals surface area contributed by atoms with Crippen molar-refractivity contribution in [3.05, 3.63) is 46.5 Å². The molecule has 1 fully saturated rings. The van der Waals surface area contributed by atoms with Gasteiger partial charge >= 0.3 is 17.8 Å². The van der Waals surface area contributed by atoms with E-state index in [9.17, 15) is 19.2 Å². The Bertz CT molecular complexity index is 835. The largest absolute Gasteiger partial charge is 0.354 e. The van der Waals surface area contributed by atoms with Gasteiger partial charge in [-0.15, -0.1) is 0 Å². The van der Waals surface area contributed by atoms with Gasteiger partial charge in [-0.25, -0.2) is 9.69 Å². The van der Waals surface area contributed by atoms with Gasteiger partial charge in [0.1, 0.15) is 6.54 Å². The molecule has 8 heteroatoms. The molecule has 2 aliphatic rings. The number of halogens is 1. The Kier molecular flexibility index (Phi) is 7.04. The van der Waals surface area contributed by atoms with Gasteiger partial charge in [0, 0.05) is 18.1 Å². The quantitative estimate of drug-likeness (QED) is 0.400. The van der Waals surface area contributed by atoms with Gasteiger partial charge in [-0.3, -0.25) is 19.3 Å². The Balaban J connectivity index is 1.47. The van der Waals surface area contributed by atoms with E-state index in [1.54, 1.807) is 12.1 Å². The second-order valence-electron chi connectivity index (χ2n) is 7.22. The van der Waals surface area contributed by atoms with Crippen LogP contribution in [0.3, 0.4) is 0 Å². The Morgan fingerprint density at radius 2 is 1.72 bits per heavy atom. The van der Waals surface area contributed by atoms with Crippen LogP contribution >= 0.6 is 11.6 Å². The van der Waals surface area contributed by atoms with Gasteiger partial charge < -0.3 is 5.32 Å².